The molecule has 0 spiro atoms. The van der Waals surface area contributed by atoms with E-state index in [9.17, 15) is 14.7 Å². The van der Waals surface area contributed by atoms with Crippen LogP contribution in [0.1, 0.15) is 26.2 Å². The SMILES string of the molecule is CCOC(=O)C1C2CCC3C(OC(=O)C31)C2CCO. The summed E-state index contributed by atoms with van der Waals surface area (Å²) < 4.78 is 10.6. The largest absolute Gasteiger partial charge is 0.466 e. The van der Waals surface area contributed by atoms with Gasteiger partial charge in [-0.25, -0.2) is 0 Å². The van der Waals surface area contributed by atoms with Gasteiger partial charge in [0.05, 0.1) is 18.4 Å². The van der Waals surface area contributed by atoms with Crippen LogP contribution >= 0.6 is 0 Å². The fraction of sp³-hybridized carbons (Fsp3) is 0.857. The van der Waals surface area contributed by atoms with Crippen molar-refractivity contribution in [1.29, 1.82) is 0 Å². The third-order valence-corrected chi connectivity index (χ3v) is 5.08. The zero-order valence-electron chi connectivity index (χ0n) is 11.1. The van der Waals surface area contributed by atoms with E-state index in [1.54, 1.807) is 6.92 Å². The molecule has 1 N–H and O–H groups in total. The minimum absolute atomic E-state index is 0.0716. The van der Waals surface area contributed by atoms with Crippen LogP contribution in [-0.4, -0.2) is 36.4 Å². The van der Waals surface area contributed by atoms with Crippen LogP contribution in [0.15, 0.2) is 0 Å². The summed E-state index contributed by atoms with van der Waals surface area (Å²) in [5.41, 5.74) is 0. The van der Waals surface area contributed by atoms with E-state index in [1.165, 1.54) is 0 Å². The number of ether oxygens (including phenoxy) is 2. The van der Waals surface area contributed by atoms with Crippen molar-refractivity contribution in [3.63, 3.8) is 0 Å². The second-order valence-electron chi connectivity index (χ2n) is 5.79. The fourth-order valence-corrected chi connectivity index (χ4v) is 4.48. The highest BCUT2D eigenvalue weighted by Gasteiger charge is 2.64. The Kier molecular flexibility index (Phi) is 3.25. The number of aliphatic hydroxyl groups excluding tert-OH is 1. The van der Waals surface area contributed by atoms with Gasteiger partial charge in [-0.1, -0.05) is 0 Å². The molecular weight excluding hydrogens is 248 g/mol. The maximum absolute atomic E-state index is 12.2. The number of carbonyl (C=O) groups excluding carboxylic acids is 2. The van der Waals surface area contributed by atoms with Crippen LogP contribution in [0.2, 0.25) is 0 Å². The molecule has 106 valence electrons. The van der Waals surface area contributed by atoms with E-state index < -0.39 is 0 Å². The molecular formula is C14H20O5. The minimum atomic E-state index is -0.360. The van der Waals surface area contributed by atoms with Gasteiger partial charge in [0.15, 0.2) is 0 Å². The van der Waals surface area contributed by atoms with Crippen LogP contribution in [0.3, 0.4) is 0 Å². The van der Waals surface area contributed by atoms with E-state index in [0.717, 1.165) is 12.8 Å². The van der Waals surface area contributed by atoms with Crippen molar-refractivity contribution in [3.8, 4) is 0 Å². The zero-order valence-corrected chi connectivity index (χ0v) is 11.1. The van der Waals surface area contributed by atoms with Gasteiger partial charge >= 0.3 is 11.9 Å². The standard InChI is InChI=1S/C14H20O5/c1-2-18-13(16)10-7-3-4-9-11(10)14(17)19-12(9)8(7)5-6-15/h7-12,15H,2-6H2,1H3. The third kappa shape index (κ3) is 1.78. The van der Waals surface area contributed by atoms with Gasteiger partial charge in [0.1, 0.15) is 6.10 Å². The molecule has 0 aromatic heterocycles. The molecule has 19 heavy (non-hydrogen) atoms. The molecule has 1 heterocycles. The summed E-state index contributed by atoms with van der Waals surface area (Å²) in [5, 5.41) is 9.21. The second-order valence-corrected chi connectivity index (χ2v) is 5.79. The summed E-state index contributed by atoms with van der Waals surface area (Å²) in [6, 6.07) is 0. The van der Waals surface area contributed by atoms with E-state index in [4.69, 9.17) is 9.47 Å². The first-order valence-corrected chi connectivity index (χ1v) is 7.17. The summed E-state index contributed by atoms with van der Waals surface area (Å²) >= 11 is 0. The molecule has 4 aliphatic rings. The van der Waals surface area contributed by atoms with Gasteiger partial charge in [-0.05, 0) is 32.1 Å². The van der Waals surface area contributed by atoms with Crippen LogP contribution in [0.25, 0.3) is 0 Å². The Hall–Kier alpha value is -1.10. The average Bonchev–Trinajstić information content (AvgIpc) is 2.69. The van der Waals surface area contributed by atoms with Crippen LogP contribution in [0, 0.1) is 29.6 Å². The molecule has 4 fully saturated rings. The van der Waals surface area contributed by atoms with Gasteiger partial charge in [0.2, 0.25) is 0 Å². The fourth-order valence-electron chi connectivity index (χ4n) is 4.48. The van der Waals surface area contributed by atoms with Crippen molar-refractivity contribution in [2.24, 2.45) is 29.6 Å². The van der Waals surface area contributed by atoms with Gasteiger partial charge in [-0.3, -0.25) is 9.59 Å². The van der Waals surface area contributed by atoms with Crippen LogP contribution < -0.4 is 0 Å². The van der Waals surface area contributed by atoms with Gasteiger partial charge in [0.25, 0.3) is 0 Å². The molecule has 5 heteroatoms. The minimum Gasteiger partial charge on any atom is -0.466 e. The maximum Gasteiger partial charge on any atom is 0.310 e. The molecule has 0 amide bonds. The lowest BCUT2D eigenvalue weighted by atomic mass is 9.54. The smallest absolute Gasteiger partial charge is 0.310 e. The van der Waals surface area contributed by atoms with Gasteiger partial charge in [-0.15, -0.1) is 0 Å². The van der Waals surface area contributed by atoms with E-state index in [0.29, 0.717) is 13.0 Å². The van der Waals surface area contributed by atoms with E-state index in [2.05, 4.69) is 0 Å². The highest BCUT2D eigenvalue weighted by Crippen LogP contribution is 2.58. The Balaban J connectivity index is 1.91. The summed E-state index contributed by atoms with van der Waals surface area (Å²) in [7, 11) is 0. The molecule has 5 nitrogen and oxygen atoms in total. The number of hydrogen-bond acceptors (Lipinski definition) is 5. The molecule has 3 saturated carbocycles. The Morgan fingerprint density at radius 2 is 2.16 bits per heavy atom. The second kappa shape index (κ2) is 4.78. The lowest BCUT2D eigenvalue weighted by Crippen LogP contribution is -2.53. The van der Waals surface area contributed by atoms with Crippen molar-refractivity contribution >= 4 is 11.9 Å². The van der Waals surface area contributed by atoms with E-state index in [-0.39, 0.29) is 54.2 Å². The van der Waals surface area contributed by atoms with Crippen molar-refractivity contribution in [1.82, 2.24) is 0 Å². The molecule has 0 radical (unpaired) electrons. The number of aliphatic hydroxyl groups is 1. The highest BCUT2D eigenvalue weighted by atomic mass is 16.6. The number of carbonyl (C=O) groups is 2. The molecule has 0 aromatic carbocycles. The number of esters is 2. The first kappa shape index (κ1) is 12.9. The summed E-state index contributed by atoms with van der Waals surface area (Å²) in [6.07, 6.45) is 2.39. The topological polar surface area (TPSA) is 72.8 Å². The summed E-state index contributed by atoms with van der Waals surface area (Å²) in [5.74, 6) is -0.790. The zero-order chi connectivity index (χ0) is 13.6. The van der Waals surface area contributed by atoms with Crippen LogP contribution in [0.5, 0.6) is 0 Å². The van der Waals surface area contributed by atoms with E-state index >= 15 is 0 Å². The summed E-state index contributed by atoms with van der Waals surface area (Å²) in [6.45, 7) is 2.19. The first-order valence-electron chi connectivity index (χ1n) is 7.17. The predicted octanol–water partition coefficient (Wildman–Crippen LogP) is 0.746. The molecule has 1 aliphatic heterocycles. The third-order valence-electron chi connectivity index (χ3n) is 5.08. The average molecular weight is 268 g/mol. The van der Waals surface area contributed by atoms with Crippen molar-refractivity contribution in [2.45, 2.75) is 32.3 Å². The quantitative estimate of drug-likeness (QED) is 0.762. The Morgan fingerprint density at radius 3 is 2.84 bits per heavy atom. The van der Waals surface area contributed by atoms with Crippen LogP contribution in [-0.2, 0) is 19.1 Å². The van der Waals surface area contributed by atoms with Gasteiger partial charge in [-0.2, -0.15) is 0 Å². The normalized spacial score (nSPS) is 43.2. The lowest BCUT2D eigenvalue weighted by molar-refractivity contribution is -0.162. The molecule has 0 aromatic rings. The molecule has 3 aliphatic carbocycles. The summed E-state index contributed by atoms with van der Waals surface area (Å²) in [4.78, 5) is 24.2. The predicted molar refractivity (Wildman–Crippen MR) is 64.9 cm³/mol. The maximum atomic E-state index is 12.2. The number of fused-ring (bicyclic) bond motifs is 1. The Morgan fingerprint density at radius 1 is 1.42 bits per heavy atom. The molecule has 1 saturated heterocycles. The molecule has 6 unspecified atom stereocenters. The molecule has 4 rings (SSSR count). The Labute approximate surface area is 112 Å². The van der Waals surface area contributed by atoms with Gasteiger partial charge < -0.3 is 14.6 Å². The van der Waals surface area contributed by atoms with Gasteiger partial charge in [0, 0.05) is 18.4 Å². The first-order chi connectivity index (χ1) is 9.19. The van der Waals surface area contributed by atoms with Crippen molar-refractivity contribution in [3.05, 3.63) is 0 Å². The monoisotopic (exact) mass is 268 g/mol. The number of hydrogen-bond donors (Lipinski definition) is 1. The van der Waals surface area contributed by atoms with Crippen molar-refractivity contribution < 1.29 is 24.2 Å². The van der Waals surface area contributed by atoms with Crippen molar-refractivity contribution in [2.75, 3.05) is 13.2 Å². The molecule has 6 atom stereocenters. The molecule has 4 bridgehead atoms. The van der Waals surface area contributed by atoms with E-state index in [1.807, 2.05) is 0 Å². The highest BCUT2D eigenvalue weighted by molar-refractivity contribution is 5.85. The number of rotatable bonds is 4. The Bertz CT molecular complexity index is 393. The van der Waals surface area contributed by atoms with Crippen LogP contribution in [0.4, 0.5) is 0 Å². The lowest BCUT2D eigenvalue weighted by Gasteiger charge is -2.48.